The van der Waals surface area contributed by atoms with Gasteiger partial charge in [0, 0.05) is 6.42 Å². The van der Waals surface area contributed by atoms with E-state index in [2.05, 4.69) is 17.5 Å². The Bertz CT molecular complexity index is 455. The van der Waals surface area contributed by atoms with Crippen LogP contribution in [0.15, 0.2) is 42.5 Å². The van der Waals surface area contributed by atoms with E-state index < -0.39 is 5.54 Å². The molecule has 1 aromatic rings. The van der Waals surface area contributed by atoms with Crippen LogP contribution < -0.4 is 5.32 Å². The van der Waals surface area contributed by atoms with Crippen molar-refractivity contribution in [1.29, 1.82) is 0 Å². The molecule has 0 heterocycles. The summed E-state index contributed by atoms with van der Waals surface area (Å²) in [4.78, 5) is 12.1. The maximum absolute atomic E-state index is 12.1. The van der Waals surface area contributed by atoms with Gasteiger partial charge in [0.25, 0.3) is 0 Å². The number of aliphatic hydroxyl groups is 1. The van der Waals surface area contributed by atoms with Crippen LogP contribution in [-0.4, -0.2) is 17.6 Å². The quantitative estimate of drug-likeness (QED) is 0.798. The second-order valence-electron chi connectivity index (χ2n) is 5.37. The van der Waals surface area contributed by atoms with Crippen LogP contribution in [0.4, 0.5) is 0 Å². The Balaban J connectivity index is 2.01. The summed E-state index contributed by atoms with van der Waals surface area (Å²) >= 11 is 0. The Morgan fingerprint density at radius 1 is 1.42 bits per heavy atom. The lowest BCUT2D eigenvalue weighted by Gasteiger charge is -2.29. The normalized spacial score (nSPS) is 21.1. The molecule has 19 heavy (non-hydrogen) atoms. The molecule has 0 saturated carbocycles. The highest BCUT2D eigenvalue weighted by Gasteiger charge is 2.28. The molecule has 1 aliphatic rings. The first kappa shape index (κ1) is 13.8. The molecule has 2 atom stereocenters. The molecule has 0 radical (unpaired) electrons. The molecule has 1 aromatic carbocycles. The summed E-state index contributed by atoms with van der Waals surface area (Å²) in [6.07, 6.45) is 6.85. The number of benzene rings is 1. The highest BCUT2D eigenvalue weighted by molar-refractivity contribution is 5.77. The van der Waals surface area contributed by atoms with E-state index in [1.54, 1.807) is 0 Å². The molecule has 2 N–H and O–H groups in total. The van der Waals surface area contributed by atoms with Crippen LogP contribution in [0, 0.1) is 5.92 Å². The molecule has 0 saturated heterocycles. The van der Waals surface area contributed by atoms with Gasteiger partial charge in [-0.05, 0) is 31.2 Å². The summed E-state index contributed by atoms with van der Waals surface area (Å²) in [7, 11) is 0. The SMILES string of the molecule is CC(CO)(NC(=O)CC1C=CCC1)c1ccccc1. The average Bonchev–Trinajstić information content (AvgIpc) is 2.92. The van der Waals surface area contributed by atoms with E-state index >= 15 is 0 Å². The Hall–Kier alpha value is -1.61. The maximum Gasteiger partial charge on any atom is 0.221 e. The first-order chi connectivity index (χ1) is 9.14. The van der Waals surface area contributed by atoms with Gasteiger partial charge in [0.05, 0.1) is 12.1 Å². The topological polar surface area (TPSA) is 49.3 Å². The van der Waals surface area contributed by atoms with Gasteiger partial charge in [-0.1, -0.05) is 42.5 Å². The minimum atomic E-state index is -0.708. The van der Waals surface area contributed by atoms with Gasteiger partial charge in [0.1, 0.15) is 0 Å². The zero-order valence-corrected chi connectivity index (χ0v) is 11.3. The van der Waals surface area contributed by atoms with Gasteiger partial charge >= 0.3 is 0 Å². The van der Waals surface area contributed by atoms with E-state index in [4.69, 9.17) is 0 Å². The maximum atomic E-state index is 12.1. The molecule has 2 rings (SSSR count). The fraction of sp³-hybridized carbons (Fsp3) is 0.438. The summed E-state index contributed by atoms with van der Waals surface area (Å²) in [6, 6.07) is 9.59. The van der Waals surface area contributed by atoms with Crippen molar-refractivity contribution in [3.63, 3.8) is 0 Å². The van der Waals surface area contributed by atoms with Crippen LogP contribution in [0.3, 0.4) is 0 Å². The van der Waals surface area contributed by atoms with E-state index in [0.717, 1.165) is 18.4 Å². The van der Waals surface area contributed by atoms with Crippen molar-refractivity contribution in [3.05, 3.63) is 48.0 Å². The second-order valence-corrected chi connectivity index (χ2v) is 5.37. The lowest BCUT2D eigenvalue weighted by atomic mass is 9.92. The van der Waals surface area contributed by atoms with Crippen LogP contribution in [0.25, 0.3) is 0 Å². The minimum absolute atomic E-state index is 0.00282. The lowest BCUT2D eigenvalue weighted by Crippen LogP contribution is -2.46. The third-order valence-electron chi connectivity index (χ3n) is 3.70. The number of allylic oxidation sites excluding steroid dienone is 2. The van der Waals surface area contributed by atoms with Gasteiger partial charge in [-0.2, -0.15) is 0 Å². The van der Waals surface area contributed by atoms with Crippen molar-refractivity contribution in [3.8, 4) is 0 Å². The van der Waals surface area contributed by atoms with Crippen molar-refractivity contribution in [2.75, 3.05) is 6.61 Å². The zero-order chi connectivity index (χ0) is 13.7. The summed E-state index contributed by atoms with van der Waals surface area (Å²) < 4.78 is 0. The molecule has 0 aliphatic heterocycles. The smallest absolute Gasteiger partial charge is 0.221 e. The zero-order valence-electron chi connectivity index (χ0n) is 11.3. The highest BCUT2D eigenvalue weighted by Crippen LogP contribution is 2.23. The molecular weight excluding hydrogens is 238 g/mol. The third kappa shape index (κ3) is 3.44. The van der Waals surface area contributed by atoms with Crippen LogP contribution in [0.5, 0.6) is 0 Å². The molecule has 102 valence electrons. The van der Waals surface area contributed by atoms with Gasteiger partial charge in [0.15, 0.2) is 0 Å². The molecule has 0 bridgehead atoms. The number of aliphatic hydroxyl groups excluding tert-OH is 1. The summed E-state index contributed by atoms with van der Waals surface area (Å²) in [5, 5.41) is 12.6. The molecule has 0 fully saturated rings. The molecule has 1 amide bonds. The van der Waals surface area contributed by atoms with Gasteiger partial charge in [0.2, 0.25) is 5.91 Å². The number of carbonyl (C=O) groups is 1. The standard InChI is InChI=1S/C16H21NO2/c1-16(12-18,14-9-3-2-4-10-14)17-15(19)11-13-7-5-6-8-13/h2-5,7,9-10,13,18H,6,8,11-12H2,1H3,(H,17,19). The van der Waals surface area contributed by atoms with Crippen LogP contribution in [0.1, 0.15) is 31.7 Å². The highest BCUT2D eigenvalue weighted by atomic mass is 16.3. The third-order valence-corrected chi connectivity index (χ3v) is 3.70. The Kier molecular flexibility index (Phi) is 4.38. The number of carbonyl (C=O) groups excluding carboxylic acids is 1. The first-order valence-electron chi connectivity index (χ1n) is 6.78. The fourth-order valence-corrected chi connectivity index (χ4v) is 2.47. The Morgan fingerprint density at radius 3 is 2.74 bits per heavy atom. The van der Waals surface area contributed by atoms with Crippen molar-refractivity contribution in [2.45, 2.75) is 31.7 Å². The van der Waals surface area contributed by atoms with Crippen molar-refractivity contribution < 1.29 is 9.90 Å². The molecule has 0 spiro atoms. The lowest BCUT2D eigenvalue weighted by molar-refractivity contribution is -0.124. The Labute approximate surface area is 114 Å². The molecular formula is C16H21NO2. The number of rotatable bonds is 5. The molecule has 1 aliphatic carbocycles. The Morgan fingerprint density at radius 2 is 2.16 bits per heavy atom. The predicted molar refractivity (Wildman–Crippen MR) is 75.5 cm³/mol. The van der Waals surface area contributed by atoms with E-state index in [9.17, 15) is 9.90 Å². The molecule has 3 heteroatoms. The van der Waals surface area contributed by atoms with E-state index in [-0.39, 0.29) is 12.5 Å². The number of hydrogen-bond acceptors (Lipinski definition) is 2. The first-order valence-corrected chi connectivity index (χ1v) is 6.78. The predicted octanol–water partition coefficient (Wildman–Crippen LogP) is 2.37. The largest absolute Gasteiger partial charge is 0.394 e. The monoisotopic (exact) mass is 259 g/mol. The van der Waals surface area contributed by atoms with Crippen molar-refractivity contribution in [2.24, 2.45) is 5.92 Å². The van der Waals surface area contributed by atoms with Crippen LogP contribution >= 0.6 is 0 Å². The minimum Gasteiger partial charge on any atom is -0.394 e. The number of nitrogens with one attached hydrogen (secondary N) is 1. The van der Waals surface area contributed by atoms with Crippen LogP contribution in [0.2, 0.25) is 0 Å². The summed E-state index contributed by atoms with van der Waals surface area (Å²) in [6.45, 7) is 1.74. The van der Waals surface area contributed by atoms with Gasteiger partial charge in [-0.3, -0.25) is 4.79 Å². The fourth-order valence-electron chi connectivity index (χ4n) is 2.47. The number of amides is 1. The van der Waals surface area contributed by atoms with E-state index in [1.165, 1.54) is 0 Å². The average molecular weight is 259 g/mol. The van der Waals surface area contributed by atoms with Gasteiger partial charge in [-0.15, -0.1) is 0 Å². The summed E-state index contributed by atoms with van der Waals surface area (Å²) in [5.41, 5.74) is 0.216. The molecule has 3 nitrogen and oxygen atoms in total. The van der Waals surface area contributed by atoms with Crippen molar-refractivity contribution >= 4 is 5.91 Å². The molecule has 2 unspecified atom stereocenters. The van der Waals surface area contributed by atoms with E-state index in [1.807, 2.05) is 37.3 Å². The molecule has 0 aromatic heterocycles. The van der Waals surface area contributed by atoms with Crippen molar-refractivity contribution in [1.82, 2.24) is 5.32 Å². The second kappa shape index (κ2) is 6.02. The van der Waals surface area contributed by atoms with E-state index in [0.29, 0.717) is 12.3 Å². The van der Waals surface area contributed by atoms with Crippen LogP contribution in [-0.2, 0) is 10.3 Å². The van der Waals surface area contributed by atoms with Gasteiger partial charge in [-0.25, -0.2) is 0 Å². The summed E-state index contributed by atoms with van der Waals surface area (Å²) in [5.74, 6) is 0.343. The van der Waals surface area contributed by atoms with Gasteiger partial charge < -0.3 is 10.4 Å². The number of hydrogen-bond donors (Lipinski definition) is 2.